The van der Waals surface area contributed by atoms with E-state index >= 15 is 0 Å². The predicted molar refractivity (Wildman–Crippen MR) is 239 cm³/mol. The van der Waals surface area contributed by atoms with Gasteiger partial charge in [-0.05, 0) is 106 Å². The maximum atomic E-state index is 6.42. The molecule has 0 radical (unpaired) electrons. The third kappa shape index (κ3) is 4.92. The number of hydrogen-bond acceptors (Lipinski definition) is 1. The van der Waals surface area contributed by atoms with Gasteiger partial charge in [0.15, 0.2) is 0 Å². The third-order valence-corrected chi connectivity index (χ3v) is 11.7. The number of benzene rings is 9. The Morgan fingerprint density at radius 1 is 0.281 bits per heavy atom. The molecule has 0 unspecified atom stereocenters. The molecule has 0 saturated carbocycles. The molecule has 0 aliphatic rings. The second kappa shape index (κ2) is 12.5. The fourth-order valence-corrected chi connectivity index (χ4v) is 9.11. The van der Waals surface area contributed by atoms with Crippen molar-refractivity contribution in [2.75, 3.05) is 0 Å². The minimum Gasteiger partial charge on any atom is -0.456 e. The van der Waals surface area contributed by atoms with Gasteiger partial charge in [-0.3, -0.25) is 0 Å². The summed E-state index contributed by atoms with van der Waals surface area (Å²) < 4.78 is 11.2. The molecule has 0 aliphatic heterocycles. The molecular formula is C54H34N2O. The van der Waals surface area contributed by atoms with Crippen molar-refractivity contribution in [1.82, 2.24) is 9.13 Å². The van der Waals surface area contributed by atoms with E-state index in [0.29, 0.717) is 0 Å². The molecule has 0 saturated heterocycles. The SMILES string of the molecule is c1ccc(-c2ccc(-n3c4ccccc4c4cc(-c5ccc6c(c5)c5ccccc5n6-c5ccc6oc7cccc(-c8ccccc8)c7c6c5)ccc43)cc2)cc1. The lowest BCUT2D eigenvalue weighted by Crippen LogP contribution is -1.94. The van der Waals surface area contributed by atoms with Gasteiger partial charge in [0.05, 0.1) is 22.1 Å². The van der Waals surface area contributed by atoms with Crippen LogP contribution < -0.4 is 0 Å². The summed E-state index contributed by atoms with van der Waals surface area (Å²) in [5.74, 6) is 0. The molecule has 12 rings (SSSR count). The number of nitrogens with zero attached hydrogens (tertiary/aromatic N) is 2. The minimum absolute atomic E-state index is 0.890. The van der Waals surface area contributed by atoms with Crippen LogP contribution in [0.3, 0.4) is 0 Å². The highest BCUT2D eigenvalue weighted by Crippen LogP contribution is 2.41. The van der Waals surface area contributed by atoms with E-state index in [4.69, 9.17) is 4.42 Å². The molecule has 0 aliphatic carbocycles. The first kappa shape index (κ1) is 31.7. The molecule has 9 aromatic carbocycles. The van der Waals surface area contributed by atoms with Crippen LogP contribution in [-0.2, 0) is 0 Å². The van der Waals surface area contributed by atoms with Crippen LogP contribution >= 0.6 is 0 Å². The minimum atomic E-state index is 0.890. The van der Waals surface area contributed by atoms with Crippen LogP contribution in [-0.4, -0.2) is 9.13 Å². The first-order valence-corrected chi connectivity index (χ1v) is 19.5. The topological polar surface area (TPSA) is 23.0 Å². The van der Waals surface area contributed by atoms with Gasteiger partial charge in [0.2, 0.25) is 0 Å². The summed E-state index contributed by atoms with van der Waals surface area (Å²) in [4.78, 5) is 0. The van der Waals surface area contributed by atoms with E-state index in [9.17, 15) is 0 Å². The van der Waals surface area contributed by atoms with Gasteiger partial charge in [0.1, 0.15) is 11.2 Å². The normalized spacial score (nSPS) is 11.9. The van der Waals surface area contributed by atoms with Crippen LogP contribution in [0.1, 0.15) is 0 Å². The maximum absolute atomic E-state index is 6.42. The van der Waals surface area contributed by atoms with E-state index in [1.165, 1.54) is 77.0 Å². The Bertz CT molecular complexity index is 3490. The molecule has 266 valence electrons. The monoisotopic (exact) mass is 726 g/mol. The highest BCUT2D eigenvalue weighted by Gasteiger charge is 2.18. The largest absolute Gasteiger partial charge is 0.456 e. The Balaban J connectivity index is 0.995. The van der Waals surface area contributed by atoms with E-state index in [0.717, 1.165) is 33.3 Å². The summed E-state index contributed by atoms with van der Waals surface area (Å²) >= 11 is 0. The van der Waals surface area contributed by atoms with Gasteiger partial charge in [0.25, 0.3) is 0 Å². The Hall–Kier alpha value is -7.62. The van der Waals surface area contributed by atoms with Crippen molar-refractivity contribution in [3.8, 4) is 44.8 Å². The standard InChI is InChI=1S/C54H34N2O/c1-3-12-35(13-4-1)36-22-26-40(27-23-36)55-48-19-9-7-16-43(48)45-32-38(24-29-50(45)55)39-25-30-51-46(33-39)44-17-8-10-20-49(44)56(51)41-28-31-52-47(34-41)54-42(18-11-21-53(54)57-52)37-14-5-2-6-15-37/h1-34H. The number of furan rings is 1. The van der Waals surface area contributed by atoms with E-state index in [-0.39, 0.29) is 0 Å². The zero-order valence-corrected chi connectivity index (χ0v) is 30.9. The van der Waals surface area contributed by atoms with Crippen molar-refractivity contribution in [2.45, 2.75) is 0 Å². The smallest absolute Gasteiger partial charge is 0.136 e. The maximum Gasteiger partial charge on any atom is 0.136 e. The average Bonchev–Trinajstić information content (AvgIpc) is 3.94. The Labute approximate surface area is 328 Å². The molecule has 0 spiro atoms. The number of fused-ring (bicyclic) bond motifs is 9. The Morgan fingerprint density at radius 2 is 0.789 bits per heavy atom. The van der Waals surface area contributed by atoms with E-state index < -0.39 is 0 Å². The molecule has 57 heavy (non-hydrogen) atoms. The first-order valence-electron chi connectivity index (χ1n) is 19.5. The zero-order chi connectivity index (χ0) is 37.5. The molecule has 3 heteroatoms. The lowest BCUT2D eigenvalue weighted by Gasteiger charge is -2.10. The molecule has 0 bridgehead atoms. The van der Waals surface area contributed by atoms with Gasteiger partial charge in [-0.1, -0.05) is 133 Å². The van der Waals surface area contributed by atoms with Gasteiger partial charge in [-0.25, -0.2) is 0 Å². The molecule has 3 heterocycles. The summed E-state index contributed by atoms with van der Waals surface area (Å²) in [7, 11) is 0. The van der Waals surface area contributed by atoms with Crippen LogP contribution in [0.5, 0.6) is 0 Å². The molecule has 0 fully saturated rings. The summed E-state index contributed by atoms with van der Waals surface area (Å²) in [5, 5.41) is 7.21. The summed E-state index contributed by atoms with van der Waals surface area (Å²) in [6.07, 6.45) is 0. The van der Waals surface area contributed by atoms with Crippen LogP contribution in [0.15, 0.2) is 211 Å². The zero-order valence-electron chi connectivity index (χ0n) is 30.9. The third-order valence-electron chi connectivity index (χ3n) is 11.7. The second-order valence-electron chi connectivity index (χ2n) is 14.9. The second-order valence-corrected chi connectivity index (χ2v) is 14.9. The molecule has 12 aromatic rings. The van der Waals surface area contributed by atoms with Crippen LogP contribution in [0, 0.1) is 0 Å². The highest BCUT2D eigenvalue weighted by molar-refractivity contribution is 6.15. The van der Waals surface area contributed by atoms with Crippen molar-refractivity contribution in [2.24, 2.45) is 0 Å². The van der Waals surface area contributed by atoms with Gasteiger partial charge in [0, 0.05) is 43.7 Å². The average molecular weight is 727 g/mol. The van der Waals surface area contributed by atoms with Crippen LogP contribution in [0.2, 0.25) is 0 Å². The number of rotatable bonds is 5. The van der Waals surface area contributed by atoms with E-state index in [2.05, 4.69) is 215 Å². The van der Waals surface area contributed by atoms with Gasteiger partial charge in [-0.2, -0.15) is 0 Å². The fraction of sp³-hybridized carbons (Fsp3) is 0. The van der Waals surface area contributed by atoms with Crippen molar-refractivity contribution >= 4 is 65.6 Å². The molecule has 3 aromatic heterocycles. The van der Waals surface area contributed by atoms with Crippen LogP contribution in [0.4, 0.5) is 0 Å². The lowest BCUT2D eigenvalue weighted by atomic mass is 9.99. The summed E-state index contributed by atoms with van der Waals surface area (Å²) in [6.45, 7) is 0. The van der Waals surface area contributed by atoms with Gasteiger partial charge >= 0.3 is 0 Å². The Morgan fingerprint density at radius 3 is 1.44 bits per heavy atom. The summed E-state index contributed by atoms with van der Waals surface area (Å²) in [6, 6.07) is 74.4. The lowest BCUT2D eigenvalue weighted by molar-refractivity contribution is 0.669. The molecule has 3 nitrogen and oxygen atoms in total. The number of para-hydroxylation sites is 2. The summed E-state index contributed by atoms with van der Waals surface area (Å²) in [5.41, 5.74) is 16.0. The van der Waals surface area contributed by atoms with Crippen molar-refractivity contribution in [1.29, 1.82) is 0 Å². The Kier molecular flexibility index (Phi) is 6.93. The fourth-order valence-electron chi connectivity index (χ4n) is 9.11. The van der Waals surface area contributed by atoms with Crippen LogP contribution in [0.25, 0.3) is 110 Å². The first-order chi connectivity index (χ1) is 28.3. The quantitative estimate of drug-likeness (QED) is 0.173. The van der Waals surface area contributed by atoms with Gasteiger partial charge in [-0.15, -0.1) is 0 Å². The number of aromatic nitrogens is 2. The molecule has 0 amide bonds. The van der Waals surface area contributed by atoms with E-state index in [1.807, 2.05) is 0 Å². The molecule has 0 N–H and O–H groups in total. The van der Waals surface area contributed by atoms with Crippen molar-refractivity contribution < 1.29 is 4.42 Å². The molecular weight excluding hydrogens is 693 g/mol. The van der Waals surface area contributed by atoms with Crippen molar-refractivity contribution in [3.63, 3.8) is 0 Å². The predicted octanol–water partition coefficient (Wildman–Crippen LogP) is 14.8. The number of hydrogen-bond donors (Lipinski definition) is 0. The highest BCUT2D eigenvalue weighted by atomic mass is 16.3. The molecule has 0 atom stereocenters. The van der Waals surface area contributed by atoms with E-state index in [1.54, 1.807) is 0 Å². The van der Waals surface area contributed by atoms with Crippen molar-refractivity contribution in [3.05, 3.63) is 206 Å². The van der Waals surface area contributed by atoms with Gasteiger partial charge < -0.3 is 13.6 Å².